The Morgan fingerprint density at radius 3 is 1.76 bits per heavy atom. The summed E-state index contributed by atoms with van der Waals surface area (Å²) in [5.41, 5.74) is 4.87. The Bertz CT molecular complexity index is 1340. The maximum atomic E-state index is 12.8. The van der Waals surface area contributed by atoms with Crippen LogP contribution in [0, 0.1) is 11.8 Å². The number of aryl methyl sites for hydroxylation is 1. The molecule has 0 fully saturated rings. The van der Waals surface area contributed by atoms with E-state index in [2.05, 4.69) is 47.8 Å². The fraction of sp³-hybridized carbons (Fsp3) is 0.323. The van der Waals surface area contributed by atoms with Gasteiger partial charge in [0.25, 0.3) is 0 Å². The Morgan fingerprint density at radius 2 is 1.29 bits per heavy atom. The average Bonchev–Trinajstić information content (AvgIpc) is 2.95. The number of esters is 1. The molecule has 3 rings (SSSR count). The first kappa shape index (κ1) is 29.0. The fourth-order valence-electron chi connectivity index (χ4n) is 3.71. The zero-order valence-corrected chi connectivity index (χ0v) is 23.1. The van der Waals surface area contributed by atoms with Crippen molar-refractivity contribution in [3.63, 3.8) is 0 Å². The molecule has 0 aliphatic heterocycles. The number of hydrogen-bond acceptors (Lipinski definition) is 5. The van der Waals surface area contributed by atoms with Gasteiger partial charge in [-0.15, -0.1) is 0 Å². The minimum atomic E-state index is -3.44. The molecule has 0 amide bonds. The maximum Gasteiger partial charge on any atom is 0.343 e. The van der Waals surface area contributed by atoms with Crippen LogP contribution in [0.3, 0.4) is 0 Å². The summed E-state index contributed by atoms with van der Waals surface area (Å²) < 4.78 is 37.0. The summed E-state index contributed by atoms with van der Waals surface area (Å²) in [5.74, 6) is 6.44. The number of carbonyl (C=O) groups is 1. The molecule has 38 heavy (non-hydrogen) atoms. The topological polar surface area (TPSA) is 72.9 Å². The maximum absolute atomic E-state index is 12.8. The van der Waals surface area contributed by atoms with Gasteiger partial charge in [0.15, 0.2) is 6.61 Å². The highest BCUT2D eigenvalue weighted by Gasteiger charge is 2.21. The van der Waals surface area contributed by atoms with Crippen molar-refractivity contribution in [3.05, 3.63) is 101 Å². The summed E-state index contributed by atoms with van der Waals surface area (Å²) in [4.78, 5) is 11.2. The van der Waals surface area contributed by atoms with Gasteiger partial charge >= 0.3 is 5.97 Å². The molecule has 0 aliphatic rings. The van der Waals surface area contributed by atoms with E-state index in [-0.39, 0.29) is 25.4 Å². The summed E-state index contributed by atoms with van der Waals surface area (Å²) in [7, 11) is -2.15. The number of benzene rings is 3. The van der Waals surface area contributed by atoms with Gasteiger partial charge in [-0.05, 0) is 72.9 Å². The SMILES string of the molecule is CCCCc1ccc(C#Cc2ccc(CN(Cc3ccc(OCC(=O)OC)cc3)S(=O)(=O)CC)cc2)cc1. The number of carbonyl (C=O) groups excluding carboxylic acids is 1. The fourth-order valence-corrected chi connectivity index (χ4v) is 4.76. The summed E-state index contributed by atoms with van der Waals surface area (Å²) in [6, 6.07) is 23.0. The van der Waals surface area contributed by atoms with Crippen LogP contribution in [0.5, 0.6) is 5.75 Å². The van der Waals surface area contributed by atoms with E-state index in [9.17, 15) is 13.2 Å². The van der Waals surface area contributed by atoms with Crippen LogP contribution >= 0.6 is 0 Å². The van der Waals surface area contributed by atoms with Crippen molar-refractivity contribution in [3.8, 4) is 17.6 Å². The Kier molecular flexibility index (Phi) is 11.0. The van der Waals surface area contributed by atoms with Crippen LogP contribution in [-0.4, -0.2) is 38.2 Å². The normalized spacial score (nSPS) is 11.1. The molecule has 6 nitrogen and oxygen atoms in total. The second kappa shape index (κ2) is 14.4. The van der Waals surface area contributed by atoms with Crippen molar-refractivity contribution in [1.82, 2.24) is 4.31 Å². The summed E-state index contributed by atoms with van der Waals surface area (Å²) in [6.07, 6.45) is 3.46. The molecule has 7 heteroatoms. The first-order valence-corrected chi connectivity index (χ1v) is 14.4. The number of nitrogens with zero attached hydrogens (tertiary/aromatic N) is 1. The van der Waals surface area contributed by atoms with E-state index in [0.29, 0.717) is 5.75 Å². The molecular weight excluding hydrogens is 498 g/mol. The van der Waals surface area contributed by atoms with E-state index in [1.54, 1.807) is 31.2 Å². The third kappa shape index (κ3) is 9.05. The van der Waals surface area contributed by atoms with E-state index >= 15 is 0 Å². The molecule has 0 saturated heterocycles. The van der Waals surface area contributed by atoms with Crippen LogP contribution in [0.15, 0.2) is 72.8 Å². The third-order valence-electron chi connectivity index (χ3n) is 6.06. The van der Waals surface area contributed by atoms with Crippen LogP contribution in [0.4, 0.5) is 0 Å². The molecule has 0 bridgehead atoms. The van der Waals surface area contributed by atoms with Gasteiger partial charge in [0.1, 0.15) is 5.75 Å². The minimum Gasteiger partial charge on any atom is -0.482 e. The molecule has 0 aliphatic carbocycles. The zero-order chi connectivity index (χ0) is 27.4. The molecule has 0 unspecified atom stereocenters. The number of rotatable bonds is 12. The minimum absolute atomic E-state index is 0.00805. The second-order valence-corrected chi connectivity index (χ2v) is 11.2. The third-order valence-corrected chi connectivity index (χ3v) is 7.84. The average molecular weight is 534 g/mol. The van der Waals surface area contributed by atoms with Crippen molar-refractivity contribution >= 4 is 16.0 Å². The molecule has 0 aromatic heterocycles. The summed E-state index contributed by atoms with van der Waals surface area (Å²) >= 11 is 0. The number of hydrogen-bond donors (Lipinski definition) is 0. The monoisotopic (exact) mass is 533 g/mol. The van der Waals surface area contributed by atoms with E-state index in [4.69, 9.17) is 4.74 Å². The van der Waals surface area contributed by atoms with Crippen molar-refractivity contribution in [2.75, 3.05) is 19.5 Å². The van der Waals surface area contributed by atoms with Gasteiger partial charge in [0, 0.05) is 24.2 Å². The Labute approximate surface area is 226 Å². The van der Waals surface area contributed by atoms with E-state index in [1.165, 1.54) is 29.8 Å². The first-order valence-electron chi connectivity index (χ1n) is 12.8. The summed E-state index contributed by atoms with van der Waals surface area (Å²) in [5, 5.41) is 0. The van der Waals surface area contributed by atoms with Crippen LogP contribution in [-0.2, 0) is 39.1 Å². The molecule has 200 valence electrons. The lowest BCUT2D eigenvalue weighted by molar-refractivity contribution is -0.142. The highest BCUT2D eigenvalue weighted by Crippen LogP contribution is 2.18. The standard InChI is InChI=1S/C31H35NO5S/c1-4-6-7-25-8-10-26(11-9-25)12-13-27-14-16-28(17-15-27)22-32(38(34,35)5-2)23-29-18-20-30(21-19-29)37-24-31(33)36-3/h8-11,14-21H,4-7,22-24H2,1-3H3. The molecule has 0 spiro atoms. The lowest BCUT2D eigenvalue weighted by Crippen LogP contribution is -2.31. The zero-order valence-electron chi connectivity index (χ0n) is 22.3. The molecule has 0 saturated carbocycles. The lowest BCUT2D eigenvalue weighted by atomic mass is 10.1. The highest BCUT2D eigenvalue weighted by atomic mass is 32.2. The molecule has 0 radical (unpaired) electrons. The van der Waals surface area contributed by atoms with Crippen LogP contribution in [0.1, 0.15) is 54.5 Å². The lowest BCUT2D eigenvalue weighted by Gasteiger charge is -2.22. The predicted octanol–water partition coefficient (Wildman–Crippen LogP) is 5.33. The molecule has 3 aromatic rings. The highest BCUT2D eigenvalue weighted by molar-refractivity contribution is 7.89. The number of ether oxygens (including phenoxy) is 2. The van der Waals surface area contributed by atoms with Crippen LogP contribution in [0.2, 0.25) is 0 Å². The number of unbranched alkanes of at least 4 members (excludes halogenated alkanes) is 1. The second-order valence-electron chi connectivity index (χ2n) is 8.92. The quantitative estimate of drug-likeness (QED) is 0.232. The van der Waals surface area contributed by atoms with Gasteiger partial charge in [-0.25, -0.2) is 13.2 Å². The predicted molar refractivity (Wildman–Crippen MR) is 150 cm³/mol. The van der Waals surface area contributed by atoms with Crippen molar-refractivity contribution in [2.45, 2.75) is 46.2 Å². The Hall–Kier alpha value is -3.60. The van der Waals surface area contributed by atoms with E-state index in [0.717, 1.165) is 28.7 Å². The van der Waals surface area contributed by atoms with Crippen LogP contribution < -0.4 is 4.74 Å². The van der Waals surface area contributed by atoms with Gasteiger partial charge in [-0.3, -0.25) is 0 Å². The first-order chi connectivity index (χ1) is 18.3. The molecule has 0 N–H and O–H groups in total. The summed E-state index contributed by atoms with van der Waals surface area (Å²) in [6.45, 7) is 4.13. The Morgan fingerprint density at radius 1 is 0.789 bits per heavy atom. The number of methoxy groups -OCH3 is 1. The molecule has 0 atom stereocenters. The Balaban J connectivity index is 1.65. The molecule has 3 aromatic carbocycles. The van der Waals surface area contributed by atoms with Gasteiger partial charge < -0.3 is 9.47 Å². The van der Waals surface area contributed by atoms with Gasteiger partial charge in [-0.2, -0.15) is 4.31 Å². The van der Waals surface area contributed by atoms with Crippen molar-refractivity contribution in [2.24, 2.45) is 0 Å². The van der Waals surface area contributed by atoms with E-state index in [1.807, 2.05) is 24.3 Å². The smallest absolute Gasteiger partial charge is 0.343 e. The van der Waals surface area contributed by atoms with E-state index < -0.39 is 16.0 Å². The van der Waals surface area contributed by atoms with Crippen LogP contribution in [0.25, 0.3) is 0 Å². The number of sulfonamides is 1. The molecule has 0 heterocycles. The van der Waals surface area contributed by atoms with Crippen molar-refractivity contribution in [1.29, 1.82) is 0 Å². The van der Waals surface area contributed by atoms with Gasteiger partial charge in [0.2, 0.25) is 10.0 Å². The largest absolute Gasteiger partial charge is 0.482 e. The van der Waals surface area contributed by atoms with Gasteiger partial charge in [0.05, 0.1) is 12.9 Å². The molecular formula is C31H35NO5S. The van der Waals surface area contributed by atoms with Crippen molar-refractivity contribution < 1.29 is 22.7 Å². The van der Waals surface area contributed by atoms with Gasteiger partial charge in [-0.1, -0.05) is 61.6 Å².